The summed E-state index contributed by atoms with van der Waals surface area (Å²) in [6.07, 6.45) is 2.27. The maximum atomic E-state index is 10.1. The number of aliphatic hydroxyl groups is 2. The van der Waals surface area contributed by atoms with E-state index in [0.29, 0.717) is 28.1 Å². The highest BCUT2D eigenvalue weighted by Gasteiger charge is 2.13. The van der Waals surface area contributed by atoms with Gasteiger partial charge in [0.1, 0.15) is 0 Å². The first-order chi connectivity index (χ1) is 9.58. The summed E-state index contributed by atoms with van der Waals surface area (Å²) in [5, 5.41) is 23.5. The number of halogens is 2. The minimum atomic E-state index is -0.683. The molecule has 0 radical (unpaired) electrons. The van der Waals surface area contributed by atoms with Crippen LogP contribution in [0.15, 0.2) is 18.2 Å². The molecule has 0 amide bonds. The lowest BCUT2D eigenvalue weighted by Crippen LogP contribution is -2.28. The molecule has 0 saturated heterocycles. The summed E-state index contributed by atoms with van der Waals surface area (Å²) >= 11 is 12.0. The second kappa shape index (κ2) is 9.59. The summed E-state index contributed by atoms with van der Waals surface area (Å²) in [6.45, 7) is 3.54. The molecule has 0 bridgehead atoms. The highest BCUT2D eigenvalue weighted by molar-refractivity contribution is 6.33. The molecule has 0 aromatic heterocycles. The third-order valence-corrected chi connectivity index (χ3v) is 3.90. The number of benzene rings is 1. The van der Waals surface area contributed by atoms with Gasteiger partial charge in [-0.25, -0.2) is 0 Å². The summed E-state index contributed by atoms with van der Waals surface area (Å²) in [7, 11) is 0. The van der Waals surface area contributed by atoms with Gasteiger partial charge in [0.25, 0.3) is 0 Å². The van der Waals surface area contributed by atoms with Crippen LogP contribution in [-0.2, 0) is 0 Å². The maximum Gasteiger partial charge on any atom is 0.0929 e. The van der Waals surface area contributed by atoms with E-state index in [-0.39, 0.29) is 6.61 Å². The van der Waals surface area contributed by atoms with Crippen LogP contribution in [0.5, 0.6) is 0 Å². The van der Waals surface area contributed by atoms with Gasteiger partial charge in [0.2, 0.25) is 0 Å². The van der Waals surface area contributed by atoms with Crippen molar-refractivity contribution >= 4 is 23.2 Å². The maximum absolute atomic E-state index is 10.1. The summed E-state index contributed by atoms with van der Waals surface area (Å²) in [6, 6.07) is 5.08. The van der Waals surface area contributed by atoms with E-state index in [1.165, 1.54) is 0 Å². The van der Waals surface area contributed by atoms with Gasteiger partial charge in [0.05, 0.1) is 6.10 Å². The van der Waals surface area contributed by atoms with Gasteiger partial charge in [0, 0.05) is 28.8 Å². The zero-order chi connectivity index (χ0) is 15.0. The summed E-state index contributed by atoms with van der Waals surface area (Å²) in [5.74, 6) is 0.437. The van der Waals surface area contributed by atoms with Crippen LogP contribution in [-0.4, -0.2) is 29.9 Å². The van der Waals surface area contributed by atoms with Gasteiger partial charge in [-0.3, -0.25) is 0 Å². The van der Waals surface area contributed by atoms with Crippen molar-refractivity contribution in [2.75, 3.05) is 19.7 Å². The van der Waals surface area contributed by atoms with Crippen molar-refractivity contribution in [2.24, 2.45) is 5.92 Å². The van der Waals surface area contributed by atoms with E-state index in [1.807, 2.05) is 0 Å². The molecule has 2 unspecified atom stereocenters. The fourth-order valence-electron chi connectivity index (χ4n) is 2.24. The minimum Gasteiger partial charge on any atom is -0.396 e. The molecule has 3 nitrogen and oxygen atoms in total. The van der Waals surface area contributed by atoms with Gasteiger partial charge < -0.3 is 15.5 Å². The monoisotopic (exact) mass is 319 g/mol. The average molecular weight is 320 g/mol. The Labute approximate surface area is 130 Å². The molecular weight excluding hydrogens is 297 g/mol. The molecule has 0 heterocycles. The van der Waals surface area contributed by atoms with Crippen LogP contribution in [0.1, 0.15) is 37.9 Å². The Morgan fingerprint density at radius 2 is 1.95 bits per heavy atom. The zero-order valence-electron chi connectivity index (χ0n) is 11.8. The van der Waals surface area contributed by atoms with Gasteiger partial charge >= 0.3 is 0 Å². The predicted molar refractivity (Wildman–Crippen MR) is 84.4 cm³/mol. The standard InChI is InChI=1S/C15H23Cl2NO2/c1-2-3-11(6-7-19)9-18-10-15(20)13-8-12(16)4-5-14(13)17/h4-5,8,11,15,18-20H,2-3,6-7,9-10H2,1H3. The lowest BCUT2D eigenvalue weighted by Gasteiger charge is -2.18. The van der Waals surface area contributed by atoms with Crippen molar-refractivity contribution < 1.29 is 10.2 Å². The molecule has 0 aliphatic heterocycles. The van der Waals surface area contributed by atoms with E-state index < -0.39 is 6.10 Å². The lowest BCUT2D eigenvalue weighted by molar-refractivity contribution is 0.170. The normalized spacial score (nSPS) is 14.2. The van der Waals surface area contributed by atoms with E-state index in [1.54, 1.807) is 18.2 Å². The van der Waals surface area contributed by atoms with E-state index in [0.717, 1.165) is 25.8 Å². The molecule has 114 valence electrons. The fourth-order valence-corrected chi connectivity index (χ4v) is 2.67. The topological polar surface area (TPSA) is 52.5 Å². The van der Waals surface area contributed by atoms with Gasteiger partial charge in [0.15, 0.2) is 0 Å². The second-order valence-electron chi connectivity index (χ2n) is 5.01. The van der Waals surface area contributed by atoms with Crippen LogP contribution >= 0.6 is 23.2 Å². The Morgan fingerprint density at radius 1 is 1.20 bits per heavy atom. The van der Waals surface area contributed by atoms with E-state index >= 15 is 0 Å². The number of hydrogen-bond donors (Lipinski definition) is 3. The van der Waals surface area contributed by atoms with Gasteiger partial charge in [-0.15, -0.1) is 0 Å². The Bertz CT molecular complexity index is 395. The number of hydrogen-bond acceptors (Lipinski definition) is 3. The molecule has 0 aliphatic carbocycles. The third-order valence-electron chi connectivity index (χ3n) is 3.32. The average Bonchev–Trinajstić information content (AvgIpc) is 2.42. The molecule has 3 N–H and O–H groups in total. The second-order valence-corrected chi connectivity index (χ2v) is 5.85. The number of rotatable bonds is 9. The smallest absolute Gasteiger partial charge is 0.0929 e. The van der Waals surface area contributed by atoms with Crippen molar-refractivity contribution in [3.63, 3.8) is 0 Å². The van der Waals surface area contributed by atoms with Gasteiger partial charge in [-0.1, -0.05) is 36.5 Å². The quantitative estimate of drug-likeness (QED) is 0.653. The van der Waals surface area contributed by atoms with E-state index in [9.17, 15) is 5.11 Å². The molecule has 1 rings (SSSR count). The molecule has 0 fully saturated rings. The molecule has 2 atom stereocenters. The van der Waals surface area contributed by atoms with Crippen molar-refractivity contribution in [3.8, 4) is 0 Å². The number of nitrogens with one attached hydrogen (secondary N) is 1. The largest absolute Gasteiger partial charge is 0.396 e. The third kappa shape index (κ3) is 5.98. The number of aliphatic hydroxyl groups excluding tert-OH is 2. The zero-order valence-corrected chi connectivity index (χ0v) is 13.3. The highest BCUT2D eigenvalue weighted by Crippen LogP contribution is 2.26. The van der Waals surface area contributed by atoms with Crippen LogP contribution in [0.25, 0.3) is 0 Å². The molecule has 20 heavy (non-hydrogen) atoms. The van der Waals surface area contributed by atoms with Crippen molar-refractivity contribution in [3.05, 3.63) is 33.8 Å². The Balaban J connectivity index is 2.46. The summed E-state index contributed by atoms with van der Waals surface area (Å²) < 4.78 is 0. The highest BCUT2D eigenvalue weighted by atomic mass is 35.5. The van der Waals surface area contributed by atoms with Crippen molar-refractivity contribution in [2.45, 2.75) is 32.3 Å². The summed E-state index contributed by atoms with van der Waals surface area (Å²) in [5.41, 5.74) is 0.640. The van der Waals surface area contributed by atoms with Crippen molar-refractivity contribution in [1.29, 1.82) is 0 Å². The Morgan fingerprint density at radius 3 is 2.60 bits per heavy atom. The molecule has 0 spiro atoms. The van der Waals surface area contributed by atoms with Crippen molar-refractivity contribution in [1.82, 2.24) is 5.32 Å². The summed E-state index contributed by atoms with van der Waals surface area (Å²) in [4.78, 5) is 0. The van der Waals surface area contributed by atoms with Crippen LogP contribution in [0.4, 0.5) is 0 Å². The minimum absolute atomic E-state index is 0.203. The first kappa shape index (κ1) is 17.7. The van der Waals surface area contributed by atoms with Crippen LogP contribution < -0.4 is 5.32 Å². The predicted octanol–water partition coefficient (Wildman–Crippen LogP) is 3.42. The molecule has 1 aromatic rings. The molecule has 0 aliphatic rings. The van der Waals surface area contributed by atoms with Crippen LogP contribution in [0.2, 0.25) is 10.0 Å². The fraction of sp³-hybridized carbons (Fsp3) is 0.600. The lowest BCUT2D eigenvalue weighted by atomic mass is 10.00. The molecule has 5 heteroatoms. The first-order valence-corrected chi connectivity index (χ1v) is 7.78. The molecule has 0 saturated carbocycles. The van der Waals surface area contributed by atoms with Crippen LogP contribution in [0.3, 0.4) is 0 Å². The Hall–Kier alpha value is -0.320. The first-order valence-electron chi connectivity index (χ1n) is 7.03. The Kier molecular flexibility index (Phi) is 8.50. The van der Waals surface area contributed by atoms with Crippen LogP contribution in [0, 0.1) is 5.92 Å². The van der Waals surface area contributed by atoms with Gasteiger partial charge in [-0.2, -0.15) is 0 Å². The van der Waals surface area contributed by atoms with Gasteiger partial charge in [-0.05, 0) is 43.5 Å². The van der Waals surface area contributed by atoms with E-state index in [2.05, 4.69) is 12.2 Å². The molecular formula is C15H23Cl2NO2. The van der Waals surface area contributed by atoms with E-state index in [4.69, 9.17) is 28.3 Å². The SMILES string of the molecule is CCCC(CCO)CNCC(O)c1cc(Cl)ccc1Cl. The molecule has 1 aromatic carbocycles.